The van der Waals surface area contributed by atoms with Crippen molar-refractivity contribution in [3.63, 3.8) is 0 Å². The molecule has 4 heterocycles. The van der Waals surface area contributed by atoms with Crippen LogP contribution in [-0.4, -0.2) is 85.9 Å². The number of nitrogens with one attached hydrogen (secondary N) is 5. The van der Waals surface area contributed by atoms with Crippen LogP contribution in [0.3, 0.4) is 0 Å². The smallest absolute Gasteiger partial charge is 0.408 e. The van der Waals surface area contributed by atoms with Crippen LogP contribution in [0.1, 0.15) is 88.5 Å². The van der Waals surface area contributed by atoms with E-state index < -0.39 is 30.4 Å². The summed E-state index contributed by atoms with van der Waals surface area (Å²) in [6.45, 7) is 8.03. The molecule has 0 spiro atoms. The van der Waals surface area contributed by atoms with Gasteiger partial charge in [-0.15, -0.1) is 0 Å². The molecule has 2 aliphatic heterocycles. The van der Waals surface area contributed by atoms with E-state index in [1.54, 1.807) is 60.0 Å². The van der Waals surface area contributed by atoms with Gasteiger partial charge in [-0.1, -0.05) is 78.9 Å². The van der Waals surface area contributed by atoms with Gasteiger partial charge >= 0.3 is 12.2 Å². The lowest BCUT2D eigenvalue weighted by atomic mass is 10.0. The maximum Gasteiger partial charge on any atom is 0.408 e. The van der Waals surface area contributed by atoms with Crippen LogP contribution in [0.15, 0.2) is 115 Å². The number of hydrogen-bond donors (Lipinski definition) is 5. The number of H-pyrrole nitrogens is 2. The Balaban J connectivity index is 0.927. The van der Waals surface area contributed by atoms with E-state index in [-0.39, 0.29) is 35.9 Å². The molecule has 2 aromatic heterocycles. The maximum atomic E-state index is 14.1. The third kappa shape index (κ3) is 10.2. The van der Waals surface area contributed by atoms with Crippen LogP contribution in [0, 0.1) is 0 Å². The van der Waals surface area contributed by atoms with Crippen molar-refractivity contribution in [3.05, 3.63) is 132 Å². The van der Waals surface area contributed by atoms with Crippen LogP contribution in [0.2, 0.25) is 0 Å². The fourth-order valence-corrected chi connectivity index (χ4v) is 8.56. The zero-order valence-corrected chi connectivity index (χ0v) is 36.9. The Morgan fingerprint density at radius 3 is 2.08 bits per heavy atom. The number of anilines is 1. The normalized spacial score (nSPS) is 17.0. The molecule has 5 amide bonds. The molecule has 0 radical (unpaired) electrons. The number of amides is 5. The van der Waals surface area contributed by atoms with E-state index in [4.69, 9.17) is 14.5 Å². The van der Waals surface area contributed by atoms with Crippen LogP contribution in [0.5, 0.6) is 0 Å². The highest BCUT2D eigenvalue weighted by atomic mass is 16.6. The molecule has 15 nitrogen and oxygen atoms in total. The number of carbonyl (C=O) groups is 5. The molecule has 2 fully saturated rings. The topological polar surface area (TPSA) is 191 Å². The van der Waals surface area contributed by atoms with E-state index in [1.807, 2.05) is 80.7 Å². The van der Waals surface area contributed by atoms with Gasteiger partial charge < -0.3 is 45.2 Å². The predicted molar refractivity (Wildman–Crippen MR) is 246 cm³/mol. The van der Waals surface area contributed by atoms with Gasteiger partial charge in [0.05, 0.1) is 17.8 Å². The minimum atomic E-state index is -1.10. The largest absolute Gasteiger partial charge is 0.447 e. The van der Waals surface area contributed by atoms with Crippen LogP contribution in [0.4, 0.5) is 15.3 Å². The lowest BCUT2D eigenvalue weighted by Crippen LogP contribution is -2.48. The zero-order valence-electron chi connectivity index (χ0n) is 36.9. The molecule has 336 valence electrons. The summed E-state index contributed by atoms with van der Waals surface area (Å²) in [6.07, 6.45) is 1.66. The van der Waals surface area contributed by atoms with Crippen LogP contribution in [-0.2, 0) is 23.9 Å². The molecule has 5 N–H and O–H groups in total. The third-order valence-electron chi connectivity index (χ3n) is 11.6. The van der Waals surface area contributed by atoms with Crippen molar-refractivity contribution in [2.75, 3.05) is 18.4 Å². The first-order valence-corrected chi connectivity index (χ1v) is 22.2. The van der Waals surface area contributed by atoms with Gasteiger partial charge in [-0.3, -0.25) is 14.4 Å². The molecular weight excluding hydrogens is 825 g/mol. The Morgan fingerprint density at radius 1 is 0.708 bits per heavy atom. The van der Waals surface area contributed by atoms with Crippen molar-refractivity contribution in [1.29, 1.82) is 0 Å². The van der Waals surface area contributed by atoms with Crippen molar-refractivity contribution in [1.82, 2.24) is 35.4 Å². The van der Waals surface area contributed by atoms with E-state index in [9.17, 15) is 24.0 Å². The summed E-state index contributed by atoms with van der Waals surface area (Å²) >= 11 is 0. The number of ether oxygens (including phenoxy) is 2. The van der Waals surface area contributed by atoms with Crippen molar-refractivity contribution in [2.45, 2.75) is 89.8 Å². The maximum absolute atomic E-state index is 14.1. The highest BCUT2D eigenvalue weighted by molar-refractivity contribution is 5.99. The van der Waals surface area contributed by atoms with Crippen LogP contribution >= 0.6 is 0 Å². The van der Waals surface area contributed by atoms with E-state index in [0.717, 1.165) is 39.8 Å². The van der Waals surface area contributed by atoms with Gasteiger partial charge in [-0.05, 0) is 94.8 Å². The monoisotopic (exact) mass is 878 g/mol. The Morgan fingerprint density at radius 2 is 1.37 bits per heavy atom. The minimum absolute atomic E-state index is 0.147. The number of carbonyl (C=O) groups excluding carboxylic acids is 5. The second-order valence-electron chi connectivity index (χ2n) is 17.0. The number of nitrogens with zero attached hydrogens (tertiary/aromatic N) is 3. The lowest BCUT2D eigenvalue weighted by Gasteiger charge is -2.29. The standard InChI is InChI=1S/C50H54N8O7/c1-30(2)52-49(62)65-44(34-15-9-6-10-16-34)48(61)57-25-11-17-41(57)45-51-29-40(55-45)35-21-24-38-36(27-35)28-39(54-38)32-19-22-37(23-20-32)53-46(59)42-18-12-26-58(42)47(60)43(33-13-7-5-8-14-33)56-50(63)64-31(3)4/h5-10,13-16,19-24,27-31,41-44,54H,11-12,17-18,25-26H2,1-4H3,(H,51,55)(H,52,62)(H,53,59)(H,56,63)/t41-,42-,43+,44+/m0/s1. The summed E-state index contributed by atoms with van der Waals surface area (Å²) in [6, 6.07) is 31.5. The first-order valence-electron chi connectivity index (χ1n) is 22.2. The summed E-state index contributed by atoms with van der Waals surface area (Å²) in [7, 11) is 0. The molecule has 0 saturated carbocycles. The van der Waals surface area contributed by atoms with Gasteiger partial charge in [0.1, 0.15) is 17.9 Å². The molecule has 0 aliphatic carbocycles. The van der Waals surface area contributed by atoms with Crippen molar-refractivity contribution >= 4 is 46.5 Å². The number of benzene rings is 4. The Hall–Kier alpha value is -7.42. The number of likely N-dealkylation sites (tertiary alicyclic amines) is 2. The molecule has 8 rings (SSSR count). The highest BCUT2D eigenvalue weighted by Gasteiger charge is 2.40. The SMILES string of the molecule is CC(C)NC(=O)O[C@@H](C(=O)N1CCC[C@H]1c1nc(-c2ccc3[nH]c(-c4ccc(NC(=O)[C@@H]5CCCN5C(=O)[C@H](NC(=O)OC(C)C)c5ccccc5)cc4)cc3c2)c[nH]1)c1ccccc1. The Bertz CT molecular complexity index is 2640. The molecule has 6 aromatic rings. The molecular formula is C50H54N8O7. The predicted octanol–water partition coefficient (Wildman–Crippen LogP) is 8.57. The third-order valence-corrected chi connectivity index (χ3v) is 11.6. The first kappa shape index (κ1) is 44.2. The summed E-state index contributed by atoms with van der Waals surface area (Å²) < 4.78 is 11.0. The fraction of sp³-hybridized carbons (Fsp3) is 0.320. The number of fused-ring (bicyclic) bond motifs is 1. The summed E-state index contributed by atoms with van der Waals surface area (Å²) in [5, 5.41) is 9.40. The zero-order chi connectivity index (χ0) is 45.6. The first-order chi connectivity index (χ1) is 31.4. The Labute approximate surface area is 377 Å². The molecule has 4 atom stereocenters. The molecule has 65 heavy (non-hydrogen) atoms. The number of hydrogen-bond acceptors (Lipinski definition) is 8. The van der Waals surface area contributed by atoms with E-state index >= 15 is 0 Å². The number of aromatic nitrogens is 3. The van der Waals surface area contributed by atoms with Gasteiger partial charge in [0.15, 0.2) is 0 Å². The van der Waals surface area contributed by atoms with E-state index in [2.05, 4.69) is 38.1 Å². The van der Waals surface area contributed by atoms with Gasteiger partial charge in [0.2, 0.25) is 12.0 Å². The average molecular weight is 879 g/mol. The number of imidazole rings is 1. The van der Waals surface area contributed by atoms with Crippen LogP contribution in [0.25, 0.3) is 33.4 Å². The van der Waals surface area contributed by atoms with Crippen LogP contribution < -0.4 is 16.0 Å². The molecule has 0 bridgehead atoms. The molecule has 0 unspecified atom stereocenters. The van der Waals surface area contributed by atoms with Crippen molar-refractivity contribution in [2.24, 2.45) is 0 Å². The summed E-state index contributed by atoms with van der Waals surface area (Å²) in [5.41, 5.74) is 6.15. The molecule has 2 saturated heterocycles. The van der Waals surface area contributed by atoms with Gasteiger partial charge in [-0.2, -0.15) is 0 Å². The number of aromatic amines is 2. The number of alkyl carbamates (subject to hydrolysis) is 2. The lowest BCUT2D eigenvalue weighted by molar-refractivity contribution is -0.142. The second kappa shape index (κ2) is 19.5. The quantitative estimate of drug-likeness (QED) is 0.0762. The van der Waals surface area contributed by atoms with Gasteiger partial charge in [0.25, 0.3) is 11.8 Å². The van der Waals surface area contributed by atoms with E-state index in [1.165, 1.54) is 0 Å². The Kier molecular flexibility index (Phi) is 13.3. The van der Waals surface area contributed by atoms with Gasteiger partial charge in [0, 0.05) is 58.7 Å². The summed E-state index contributed by atoms with van der Waals surface area (Å²) in [4.78, 5) is 82.1. The van der Waals surface area contributed by atoms with E-state index in [0.29, 0.717) is 55.0 Å². The van der Waals surface area contributed by atoms with Crippen molar-refractivity contribution < 1.29 is 33.4 Å². The van der Waals surface area contributed by atoms with Gasteiger partial charge in [-0.25, -0.2) is 14.6 Å². The summed E-state index contributed by atoms with van der Waals surface area (Å²) in [5.74, 6) is -0.312. The average Bonchev–Trinajstić information content (AvgIpc) is 4.14. The fourth-order valence-electron chi connectivity index (χ4n) is 8.56. The van der Waals surface area contributed by atoms with Crippen molar-refractivity contribution in [3.8, 4) is 22.5 Å². The minimum Gasteiger partial charge on any atom is -0.447 e. The molecule has 15 heteroatoms. The number of rotatable bonds is 13. The molecule has 4 aromatic carbocycles. The molecule has 2 aliphatic rings. The highest BCUT2D eigenvalue weighted by Crippen LogP contribution is 2.36. The second-order valence-corrected chi connectivity index (χ2v) is 17.0.